The van der Waals surface area contributed by atoms with Crippen molar-refractivity contribution in [3.63, 3.8) is 0 Å². The summed E-state index contributed by atoms with van der Waals surface area (Å²) in [7, 11) is 0. The van der Waals surface area contributed by atoms with E-state index in [1.807, 2.05) is 31.2 Å². The van der Waals surface area contributed by atoms with Gasteiger partial charge in [0.05, 0.1) is 16.6 Å². The summed E-state index contributed by atoms with van der Waals surface area (Å²) in [4.78, 5) is 9.79. The highest BCUT2D eigenvalue weighted by Gasteiger charge is 2.14. The molecule has 4 rings (SSSR count). The summed E-state index contributed by atoms with van der Waals surface area (Å²) in [5.74, 6) is 0.130. The SMILES string of the molecule is Cc1ccc2nc(/C(C#N)=C\c3ccc(N4CCCC4)cc3F)[nH]c2c1. The topological polar surface area (TPSA) is 55.7 Å². The summed E-state index contributed by atoms with van der Waals surface area (Å²) in [5.41, 5.74) is 4.36. The number of nitriles is 1. The third-order valence-electron chi connectivity index (χ3n) is 4.77. The average Bonchev–Trinajstić information content (AvgIpc) is 3.30. The highest BCUT2D eigenvalue weighted by molar-refractivity contribution is 5.90. The molecule has 0 radical (unpaired) electrons. The Balaban J connectivity index is 1.69. The predicted octanol–water partition coefficient (Wildman–Crippen LogP) is 4.67. The van der Waals surface area contributed by atoms with Gasteiger partial charge in [-0.15, -0.1) is 0 Å². The van der Waals surface area contributed by atoms with Gasteiger partial charge in [0, 0.05) is 24.3 Å². The molecule has 1 saturated heterocycles. The van der Waals surface area contributed by atoms with E-state index in [2.05, 4.69) is 20.9 Å². The van der Waals surface area contributed by atoms with Gasteiger partial charge in [0.1, 0.15) is 17.7 Å². The molecule has 5 heteroatoms. The maximum absolute atomic E-state index is 14.6. The molecule has 4 nitrogen and oxygen atoms in total. The zero-order valence-electron chi connectivity index (χ0n) is 14.6. The number of halogens is 1. The average molecular weight is 346 g/mol. The van der Waals surface area contributed by atoms with Crippen LogP contribution in [0.25, 0.3) is 22.7 Å². The maximum atomic E-state index is 14.6. The van der Waals surface area contributed by atoms with E-state index in [-0.39, 0.29) is 5.82 Å². The maximum Gasteiger partial charge on any atom is 0.149 e. The second-order valence-corrected chi connectivity index (χ2v) is 6.68. The number of rotatable bonds is 3. The van der Waals surface area contributed by atoms with E-state index in [4.69, 9.17) is 0 Å². The molecule has 1 aliphatic heterocycles. The van der Waals surface area contributed by atoms with Gasteiger partial charge in [0.15, 0.2) is 0 Å². The molecule has 0 saturated carbocycles. The zero-order valence-corrected chi connectivity index (χ0v) is 14.6. The van der Waals surface area contributed by atoms with Gasteiger partial charge in [0.25, 0.3) is 0 Å². The standard InChI is InChI=1S/C21H19FN4/c1-14-4-7-19-20(10-14)25-21(24-19)16(13-23)11-15-5-6-17(12-18(15)22)26-8-2-3-9-26/h4-7,10-12H,2-3,8-9H2,1H3,(H,24,25)/b16-11-. The minimum atomic E-state index is -0.325. The van der Waals surface area contributed by atoms with E-state index in [9.17, 15) is 9.65 Å². The second-order valence-electron chi connectivity index (χ2n) is 6.68. The van der Waals surface area contributed by atoms with Gasteiger partial charge < -0.3 is 9.88 Å². The smallest absolute Gasteiger partial charge is 0.149 e. The van der Waals surface area contributed by atoms with Crippen LogP contribution in [-0.4, -0.2) is 23.1 Å². The fourth-order valence-electron chi connectivity index (χ4n) is 3.37. The van der Waals surface area contributed by atoms with Gasteiger partial charge in [0.2, 0.25) is 0 Å². The second kappa shape index (κ2) is 6.64. The number of nitrogens with zero attached hydrogens (tertiary/aromatic N) is 3. The summed E-state index contributed by atoms with van der Waals surface area (Å²) in [6, 6.07) is 13.2. The number of allylic oxidation sites excluding steroid dienone is 1. The van der Waals surface area contributed by atoms with Crippen LogP contribution in [0.5, 0.6) is 0 Å². The molecule has 2 heterocycles. The Hall–Kier alpha value is -3.13. The Labute approximate surface area is 151 Å². The van der Waals surface area contributed by atoms with Crippen LogP contribution in [0.3, 0.4) is 0 Å². The van der Waals surface area contributed by atoms with Crippen molar-refractivity contribution in [1.29, 1.82) is 5.26 Å². The van der Waals surface area contributed by atoms with Crippen molar-refractivity contribution >= 4 is 28.4 Å². The molecule has 0 amide bonds. The van der Waals surface area contributed by atoms with E-state index < -0.39 is 0 Å². The molecular formula is C21H19FN4. The third-order valence-corrected chi connectivity index (χ3v) is 4.77. The number of imidazole rings is 1. The van der Waals surface area contributed by atoms with Crippen molar-refractivity contribution in [2.45, 2.75) is 19.8 Å². The zero-order chi connectivity index (χ0) is 18.1. The van der Waals surface area contributed by atoms with E-state index >= 15 is 0 Å². The third kappa shape index (κ3) is 3.06. The molecule has 0 aliphatic carbocycles. The van der Waals surface area contributed by atoms with E-state index in [0.717, 1.165) is 48.2 Å². The quantitative estimate of drug-likeness (QED) is 0.701. The van der Waals surface area contributed by atoms with Gasteiger partial charge in [-0.05, 0) is 61.7 Å². The van der Waals surface area contributed by atoms with Crippen LogP contribution in [-0.2, 0) is 0 Å². The van der Waals surface area contributed by atoms with Gasteiger partial charge in [-0.1, -0.05) is 6.07 Å². The summed E-state index contributed by atoms with van der Waals surface area (Å²) < 4.78 is 14.6. The molecule has 1 N–H and O–H groups in total. The molecule has 0 spiro atoms. The Morgan fingerprint density at radius 2 is 2.04 bits per heavy atom. The first-order chi connectivity index (χ1) is 12.6. The molecule has 3 aromatic rings. The number of H-pyrrole nitrogens is 1. The first-order valence-electron chi connectivity index (χ1n) is 8.77. The molecule has 1 aliphatic rings. The fourth-order valence-corrected chi connectivity index (χ4v) is 3.37. The molecule has 1 aromatic heterocycles. The monoisotopic (exact) mass is 346 g/mol. The number of fused-ring (bicyclic) bond motifs is 1. The fraction of sp³-hybridized carbons (Fsp3) is 0.238. The number of benzene rings is 2. The highest BCUT2D eigenvalue weighted by atomic mass is 19.1. The Kier molecular flexibility index (Phi) is 4.18. The molecule has 0 unspecified atom stereocenters. The Bertz CT molecular complexity index is 1040. The predicted molar refractivity (Wildman–Crippen MR) is 102 cm³/mol. The number of aromatic amines is 1. The lowest BCUT2D eigenvalue weighted by atomic mass is 10.1. The van der Waals surface area contributed by atoms with E-state index in [1.165, 1.54) is 0 Å². The molecule has 26 heavy (non-hydrogen) atoms. The first kappa shape index (κ1) is 16.3. The highest BCUT2D eigenvalue weighted by Crippen LogP contribution is 2.25. The van der Waals surface area contributed by atoms with Crippen LogP contribution >= 0.6 is 0 Å². The lowest BCUT2D eigenvalue weighted by Crippen LogP contribution is -2.17. The van der Waals surface area contributed by atoms with Crippen LogP contribution < -0.4 is 4.90 Å². The normalized spacial score (nSPS) is 14.8. The molecule has 130 valence electrons. The first-order valence-corrected chi connectivity index (χ1v) is 8.77. The van der Waals surface area contributed by atoms with Gasteiger partial charge >= 0.3 is 0 Å². The summed E-state index contributed by atoms with van der Waals surface area (Å²) in [5, 5.41) is 9.53. The van der Waals surface area contributed by atoms with Crippen LogP contribution in [0, 0.1) is 24.1 Å². The van der Waals surface area contributed by atoms with E-state index in [1.54, 1.807) is 18.2 Å². The Morgan fingerprint density at radius 3 is 2.77 bits per heavy atom. The minimum absolute atomic E-state index is 0.312. The van der Waals surface area contributed by atoms with Crippen molar-refractivity contribution in [2.24, 2.45) is 0 Å². The number of hydrogen-bond acceptors (Lipinski definition) is 3. The number of nitrogens with one attached hydrogen (secondary N) is 1. The van der Waals surface area contributed by atoms with E-state index in [0.29, 0.717) is 17.0 Å². The van der Waals surface area contributed by atoms with Gasteiger partial charge in [-0.25, -0.2) is 9.37 Å². The van der Waals surface area contributed by atoms with Crippen molar-refractivity contribution in [2.75, 3.05) is 18.0 Å². The largest absolute Gasteiger partial charge is 0.371 e. The number of hydrogen-bond donors (Lipinski definition) is 1. The van der Waals surface area contributed by atoms with Crippen molar-refractivity contribution in [3.8, 4) is 6.07 Å². The van der Waals surface area contributed by atoms with Crippen LogP contribution in [0.1, 0.15) is 29.8 Å². The lowest BCUT2D eigenvalue weighted by molar-refractivity contribution is 0.624. The van der Waals surface area contributed by atoms with Crippen molar-refractivity contribution in [3.05, 3.63) is 59.2 Å². The van der Waals surface area contributed by atoms with Crippen LogP contribution in [0.4, 0.5) is 10.1 Å². The van der Waals surface area contributed by atoms with Crippen LogP contribution in [0.15, 0.2) is 36.4 Å². The molecule has 0 bridgehead atoms. The summed E-state index contributed by atoms with van der Waals surface area (Å²) >= 11 is 0. The number of aromatic nitrogens is 2. The summed E-state index contributed by atoms with van der Waals surface area (Å²) in [6.07, 6.45) is 3.84. The van der Waals surface area contributed by atoms with Crippen molar-refractivity contribution in [1.82, 2.24) is 9.97 Å². The Morgan fingerprint density at radius 1 is 1.23 bits per heavy atom. The lowest BCUT2D eigenvalue weighted by Gasteiger charge is -2.17. The van der Waals surface area contributed by atoms with Crippen molar-refractivity contribution < 1.29 is 4.39 Å². The molecule has 0 atom stereocenters. The molecule has 1 fully saturated rings. The van der Waals surface area contributed by atoms with Gasteiger partial charge in [-0.2, -0.15) is 5.26 Å². The number of aryl methyl sites for hydroxylation is 1. The van der Waals surface area contributed by atoms with Gasteiger partial charge in [-0.3, -0.25) is 0 Å². The molecular weight excluding hydrogens is 327 g/mol. The minimum Gasteiger partial charge on any atom is -0.371 e. The molecule has 2 aromatic carbocycles. The van der Waals surface area contributed by atoms with Crippen LogP contribution in [0.2, 0.25) is 0 Å². The summed E-state index contributed by atoms with van der Waals surface area (Å²) in [6.45, 7) is 3.94. The number of anilines is 1.